The number of hydrogen-bond acceptors (Lipinski definition) is 8. The van der Waals surface area contributed by atoms with E-state index in [-0.39, 0.29) is 17.1 Å². The Bertz CT molecular complexity index is 1740. The maximum atomic E-state index is 11.5. The van der Waals surface area contributed by atoms with E-state index in [9.17, 15) is 20.2 Å². The lowest BCUT2D eigenvalue weighted by atomic mass is 10.1. The molecule has 0 atom stereocenters. The molecule has 5 rings (SSSR count). The van der Waals surface area contributed by atoms with Crippen molar-refractivity contribution in [3.05, 3.63) is 127 Å². The van der Waals surface area contributed by atoms with Crippen LogP contribution in [0.15, 0.2) is 107 Å². The first-order chi connectivity index (χ1) is 18.4. The molecular formula is C26H19N7O4S. The minimum atomic E-state index is -0.491. The van der Waals surface area contributed by atoms with E-state index in [2.05, 4.69) is 9.98 Å². The molecule has 11 nitrogen and oxygen atoms in total. The Morgan fingerprint density at radius 3 is 2.47 bits per heavy atom. The molecule has 0 radical (unpaired) electrons. The standard InChI is InChI=1S/C26H19N7O4S/c1-18(19-9-11-21(12-10-19)30-14-13-27-17-30)29-31-25(20-5-4-6-22(15-20)32(34)35)16-38-26(31)28-23-7-2-3-8-24(23)33(36)37/h2-17H,1H3. The minimum Gasteiger partial charge on any atom is -0.306 e. The van der Waals surface area contributed by atoms with Gasteiger partial charge in [-0.15, -0.1) is 11.3 Å². The second kappa shape index (κ2) is 10.4. The van der Waals surface area contributed by atoms with Gasteiger partial charge in [-0.3, -0.25) is 20.2 Å². The predicted octanol–water partition coefficient (Wildman–Crippen LogP) is 5.72. The molecule has 3 aromatic carbocycles. The SMILES string of the molecule is CC(=Nn1c(-c2cccc([N+](=O)[O-])c2)csc1=Nc1ccccc1[N+](=O)[O-])c1ccc(-n2ccnc2)cc1. The summed E-state index contributed by atoms with van der Waals surface area (Å²) >= 11 is 1.22. The van der Waals surface area contributed by atoms with Crippen LogP contribution in [-0.4, -0.2) is 29.8 Å². The fraction of sp³-hybridized carbons (Fsp3) is 0.0385. The van der Waals surface area contributed by atoms with Gasteiger partial charge in [0, 0.05) is 47.2 Å². The van der Waals surface area contributed by atoms with E-state index in [1.54, 1.807) is 52.9 Å². The van der Waals surface area contributed by atoms with E-state index in [0.717, 1.165) is 11.3 Å². The van der Waals surface area contributed by atoms with Crippen molar-refractivity contribution in [2.45, 2.75) is 6.92 Å². The van der Waals surface area contributed by atoms with Gasteiger partial charge in [0.05, 0.1) is 27.6 Å². The molecule has 0 N–H and O–H groups in total. The van der Waals surface area contributed by atoms with Crippen LogP contribution in [0.4, 0.5) is 17.1 Å². The van der Waals surface area contributed by atoms with Crippen molar-refractivity contribution in [1.29, 1.82) is 0 Å². The molecule has 5 aromatic rings. The largest absolute Gasteiger partial charge is 0.306 e. The Balaban J connectivity index is 1.65. The highest BCUT2D eigenvalue weighted by atomic mass is 32.1. The topological polar surface area (TPSA) is 134 Å². The van der Waals surface area contributed by atoms with Gasteiger partial charge in [0.25, 0.3) is 11.4 Å². The van der Waals surface area contributed by atoms with Crippen LogP contribution in [0.25, 0.3) is 16.9 Å². The number of hydrogen-bond donors (Lipinski definition) is 0. The van der Waals surface area contributed by atoms with Gasteiger partial charge in [0.1, 0.15) is 5.69 Å². The van der Waals surface area contributed by atoms with E-state index < -0.39 is 9.85 Å². The lowest BCUT2D eigenvalue weighted by Gasteiger charge is -2.08. The van der Waals surface area contributed by atoms with Crippen molar-refractivity contribution < 1.29 is 9.85 Å². The molecule has 0 fully saturated rings. The quantitative estimate of drug-likeness (QED) is 0.152. The Labute approximate surface area is 219 Å². The van der Waals surface area contributed by atoms with E-state index >= 15 is 0 Å². The molecule has 0 unspecified atom stereocenters. The van der Waals surface area contributed by atoms with Crippen LogP contribution in [0, 0.1) is 20.2 Å². The summed E-state index contributed by atoms with van der Waals surface area (Å²) in [5, 5.41) is 29.5. The summed E-state index contributed by atoms with van der Waals surface area (Å²) in [5.41, 5.74) is 3.53. The van der Waals surface area contributed by atoms with E-state index in [0.29, 0.717) is 21.8 Å². The zero-order chi connectivity index (χ0) is 26.6. The highest BCUT2D eigenvalue weighted by Gasteiger charge is 2.15. The van der Waals surface area contributed by atoms with Crippen molar-refractivity contribution in [2.24, 2.45) is 10.1 Å². The lowest BCUT2D eigenvalue weighted by molar-refractivity contribution is -0.384. The first-order valence-electron chi connectivity index (χ1n) is 11.3. The van der Waals surface area contributed by atoms with Crippen LogP contribution in [0.3, 0.4) is 0 Å². The third-order valence-corrected chi connectivity index (χ3v) is 6.49. The van der Waals surface area contributed by atoms with Gasteiger partial charge < -0.3 is 4.57 Å². The van der Waals surface area contributed by atoms with Crippen LogP contribution in [0.1, 0.15) is 12.5 Å². The van der Waals surface area contributed by atoms with Crippen molar-refractivity contribution in [1.82, 2.24) is 14.2 Å². The third kappa shape index (κ3) is 5.01. The molecule has 0 saturated carbocycles. The average molecular weight is 526 g/mol. The van der Waals surface area contributed by atoms with E-state index in [4.69, 9.17) is 5.10 Å². The Morgan fingerprint density at radius 1 is 0.974 bits per heavy atom. The fourth-order valence-electron chi connectivity index (χ4n) is 3.76. The Morgan fingerprint density at radius 2 is 1.76 bits per heavy atom. The molecule has 0 aliphatic rings. The number of imidazole rings is 1. The normalized spacial score (nSPS) is 12.0. The van der Waals surface area contributed by atoms with Crippen LogP contribution >= 0.6 is 11.3 Å². The molecule has 0 amide bonds. The van der Waals surface area contributed by atoms with Gasteiger partial charge >= 0.3 is 0 Å². The smallest absolute Gasteiger partial charge is 0.294 e. The number of nitro groups is 2. The summed E-state index contributed by atoms with van der Waals surface area (Å²) in [6.45, 7) is 1.84. The molecule has 0 bridgehead atoms. The van der Waals surface area contributed by atoms with E-state index in [1.807, 2.05) is 42.0 Å². The lowest BCUT2D eigenvalue weighted by Crippen LogP contribution is -2.14. The molecular weight excluding hydrogens is 506 g/mol. The molecule has 188 valence electrons. The monoisotopic (exact) mass is 525 g/mol. The van der Waals surface area contributed by atoms with Gasteiger partial charge in [-0.1, -0.05) is 36.4 Å². The molecule has 2 aromatic heterocycles. The number of non-ortho nitro benzene ring substituents is 1. The van der Waals surface area contributed by atoms with Crippen LogP contribution in [-0.2, 0) is 0 Å². The zero-order valence-electron chi connectivity index (χ0n) is 19.9. The number of nitro benzene ring substituents is 2. The summed E-state index contributed by atoms with van der Waals surface area (Å²) in [6.07, 6.45) is 5.25. The number of rotatable bonds is 7. The van der Waals surface area contributed by atoms with Crippen molar-refractivity contribution in [2.75, 3.05) is 0 Å². The van der Waals surface area contributed by atoms with Crippen molar-refractivity contribution >= 4 is 34.1 Å². The molecule has 0 aliphatic heterocycles. The fourth-order valence-corrected chi connectivity index (χ4v) is 4.60. The van der Waals surface area contributed by atoms with Gasteiger partial charge in [-0.05, 0) is 30.7 Å². The minimum absolute atomic E-state index is 0.0618. The van der Waals surface area contributed by atoms with Gasteiger partial charge in [-0.25, -0.2) is 14.7 Å². The Hall–Kier alpha value is -5.23. The molecule has 2 heterocycles. The summed E-state index contributed by atoms with van der Waals surface area (Å²) in [6, 6.07) is 20.1. The zero-order valence-corrected chi connectivity index (χ0v) is 20.7. The Kier molecular flexibility index (Phi) is 6.70. The summed E-state index contributed by atoms with van der Waals surface area (Å²) in [5.74, 6) is 0. The summed E-state index contributed by atoms with van der Waals surface area (Å²) in [7, 11) is 0. The van der Waals surface area contributed by atoms with Gasteiger partial charge in [-0.2, -0.15) is 5.10 Å². The number of para-hydroxylation sites is 2. The van der Waals surface area contributed by atoms with E-state index in [1.165, 1.54) is 29.5 Å². The maximum absolute atomic E-state index is 11.5. The van der Waals surface area contributed by atoms with Crippen LogP contribution < -0.4 is 4.80 Å². The van der Waals surface area contributed by atoms with Crippen molar-refractivity contribution in [3.8, 4) is 16.9 Å². The van der Waals surface area contributed by atoms with Crippen LogP contribution in [0.5, 0.6) is 0 Å². The molecule has 12 heteroatoms. The number of thiazole rings is 1. The summed E-state index contributed by atoms with van der Waals surface area (Å²) in [4.78, 5) is 31.0. The first kappa shape index (κ1) is 24.5. The predicted molar refractivity (Wildman–Crippen MR) is 144 cm³/mol. The third-order valence-electron chi connectivity index (χ3n) is 5.67. The van der Waals surface area contributed by atoms with Gasteiger partial charge in [0.2, 0.25) is 4.80 Å². The highest BCUT2D eigenvalue weighted by Crippen LogP contribution is 2.28. The number of aromatic nitrogens is 3. The average Bonchev–Trinajstić information content (AvgIpc) is 3.60. The van der Waals surface area contributed by atoms with Crippen LogP contribution in [0.2, 0.25) is 0 Å². The number of benzene rings is 3. The number of nitrogens with zero attached hydrogens (tertiary/aromatic N) is 7. The summed E-state index contributed by atoms with van der Waals surface area (Å²) < 4.78 is 3.44. The molecule has 0 spiro atoms. The molecule has 38 heavy (non-hydrogen) atoms. The molecule has 0 saturated heterocycles. The molecule has 0 aliphatic carbocycles. The van der Waals surface area contributed by atoms with Crippen molar-refractivity contribution in [3.63, 3.8) is 0 Å². The second-order valence-electron chi connectivity index (χ2n) is 8.08. The second-order valence-corrected chi connectivity index (χ2v) is 8.92. The maximum Gasteiger partial charge on any atom is 0.294 e. The van der Waals surface area contributed by atoms with Gasteiger partial charge in [0.15, 0.2) is 0 Å². The highest BCUT2D eigenvalue weighted by molar-refractivity contribution is 7.07. The first-order valence-corrected chi connectivity index (χ1v) is 12.2.